The van der Waals surface area contributed by atoms with Gasteiger partial charge >= 0.3 is 0 Å². The summed E-state index contributed by atoms with van der Waals surface area (Å²) < 4.78 is 26.5. The van der Waals surface area contributed by atoms with Gasteiger partial charge in [-0.2, -0.15) is 4.31 Å². The number of amides is 1. The molecule has 146 valence electrons. The van der Waals surface area contributed by atoms with E-state index < -0.39 is 15.4 Å². The largest absolute Gasteiger partial charge is 0.368 e. The minimum absolute atomic E-state index is 0.0756. The molecule has 1 aromatic carbocycles. The van der Waals surface area contributed by atoms with Crippen LogP contribution in [0.1, 0.15) is 13.8 Å². The van der Waals surface area contributed by atoms with Crippen molar-refractivity contribution >= 4 is 44.8 Å². The van der Waals surface area contributed by atoms with E-state index in [4.69, 9.17) is 23.2 Å². The Kier molecular flexibility index (Phi) is 7.19. The predicted molar refractivity (Wildman–Crippen MR) is 107 cm³/mol. The number of halogens is 2. The summed E-state index contributed by atoms with van der Waals surface area (Å²) in [6.07, 6.45) is 0. The lowest BCUT2D eigenvalue weighted by Crippen LogP contribution is -2.50. The molecule has 0 aromatic heterocycles. The molecule has 9 heteroatoms. The average molecular weight is 422 g/mol. The summed E-state index contributed by atoms with van der Waals surface area (Å²) in [4.78, 5) is 14.0. The van der Waals surface area contributed by atoms with Crippen LogP contribution in [0, 0.1) is 5.41 Å². The number of anilines is 1. The number of carbonyl (C=O) groups excluding carboxylic acids is 1. The highest BCUT2D eigenvalue weighted by atomic mass is 35.5. The third kappa shape index (κ3) is 5.25. The second kappa shape index (κ2) is 8.78. The van der Waals surface area contributed by atoms with E-state index in [1.807, 2.05) is 24.3 Å². The highest BCUT2D eigenvalue weighted by molar-refractivity contribution is 7.89. The van der Waals surface area contributed by atoms with Crippen molar-refractivity contribution in [2.75, 3.05) is 49.3 Å². The molecule has 0 aliphatic carbocycles. The molecule has 0 saturated carbocycles. The van der Waals surface area contributed by atoms with Gasteiger partial charge in [0.05, 0.1) is 21.9 Å². The zero-order valence-electron chi connectivity index (χ0n) is 15.0. The molecule has 1 aliphatic heterocycles. The van der Waals surface area contributed by atoms with Gasteiger partial charge in [0.2, 0.25) is 15.9 Å². The quantitative estimate of drug-likeness (QED) is 0.684. The minimum Gasteiger partial charge on any atom is -0.368 e. The van der Waals surface area contributed by atoms with Gasteiger partial charge < -0.3 is 10.2 Å². The van der Waals surface area contributed by atoms with Crippen LogP contribution in [0.4, 0.5) is 5.69 Å². The van der Waals surface area contributed by atoms with Crippen LogP contribution in [0.3, 0.4) is 0 Å². The second-order valence-corrected chi connectivity index (χ2v) is 9.69. The number of carbonyl (C=O) groups is 1. The topological polar surface area (TPSA) is 69.7 Å². The van der Waals surface area contributed by atoms with Crippen LogP contribution in [0.2, 0.25) is 5.02 Å². The van der Waals surface area contributed by atoms with E-state index in [0.29, 0.717) is 31.2 Å². The summed E-state index contributed by atoms with van der Waals surface area (Å²) in [5, 5.41) is 3.31. The fraction of sp³-hybridized carbons (Fsp3) is 0.588. The number of alkyl halides is 1. The summed E-state index contributed by atoms with van der Waals surface area (Å²) in [7, 11) is -3.42. The number of nitrogens with one attached hydrogen (secondary N) is 1. The van der Waals surface area contributed by atoms with Gasteiger partial charge in [-0.3, -0.25) is 4.79 Å². The van der Waals surface area contributed by atoms with Crippen molar-refractivity contribution in [3.8, 4) is 0 Å². The number of sulfonamides is 1. The first-order valence-corrected chi connectivity index (χ1v) is 11.0. The molecule has 26 heavy (non-hydrogen) atoms. The van der Waals surface area contributed by atoms with Crippen molar-refractivity contribution in [2.45, 2.75) is 13.8 Å². The molecule has 0 spiro atoms. The Morgan fingerprint density at radius 2 is 1.81 bits per heavy atom. The first kappa shape index (κ1) is 21.3. The van der Waals surface area contributed by atoms with E-state index >= 15 is 0 Å². The SMILES string of the molecule is CC(C)(CCl)C(=O)NCCS(=O)(=O)N1CCN(c2ccccc2Cl)CC1. The number of hydrogen-bond donors (Lipinski definition) is 1. The molecule has 0 atom stereocenters. The third-order valence-corrected chi connectivity index (χ3v) is 7.28. The fourth-order valence-corrected chi connectivity index (χ4v) is 4.35. The van der Waals surface area contributed by atoms with Crippen molar-refractivity contribution in [3.05, 3.63) is 29.3 Å². The highest BCUT2D eigenvalue weighted by Gasteiger charge is 2.29. The Labute approximate surface area is 165 Å². The van der Waals surface area contributed by atoms with Crippen LogP contribution in [-0.2, 0) is 14.8 Å². The number of piperazine rings is 1. The van der Waals surface area contributed by atoms with Gasteiger partial charge in [0.15, 0.2) is 0 Å². The maximum Gasteiger partial charge on any atom is 0.226 e. The molecular weight excluding hydrogens is 397 g/mol. The van der Waals surface area contributed by atoms with Gasteiger partial charge in [-0.1, -0.05) is 23.7 Å². The molecule has 0 radical (unpaired) electrons. The third-order valence-electron chi connectivity index (χ3n) is 4.42. The lowest BCUT2D eigenvalue weighted by Gasteiger charge is -2.35. The van der Waals surface area contributed by atoms with Crippen LogP contribution in [0.15, 0.2) is 24.3 Å². The van der Waals surface area contributed by atoms with E-state index in [9.17, 15) is 13.2 Å². The molecule has 1 aliphatic rings. The molecule has 1 saturated heterocycles. The Balaban J connectivity index is 1.86. The Hall–Kier alpha value is -1.02. The molecule has 1 fully saturated rings. The Morgan fingerprint density at radius 3 is 2.38 bits per heavy atom. The van der Waals surface area contributed by atoms with E-state index in [2.05, 4.69) is 10.2 Å². The average Bonchev–Trinajstić information content (AvgIpc) is 2.62. The summed E-state index contributed by atoms with van der Waals surface area (Å²) in [6, 6.07) is 7.54. The monoisotopic (exact) mass is 421 g/mol. The zero-order valence-corrected chi connectivity index (χ0v) is 17.4. The van der Waals surface area contributed by atoms with E-state index in [1.54, 1.807) is 13.8 Å². The summed E-state index contributed by atoms with van der Waals surface area (Å²) in [5.41, 5.74) is 0.202. The van der Waals surface area contributed by atoms with Crippen LogP contribution < -0.4 is 10.2 Å². The smallest absolute Gasteiger partial charge is 0.226 e. The van der Waals surface area contributed by atoms with E-state index in [0.717, 1.165) is 5.69 Å². The molecule has 1 amide bonds. The van der Waals surface area contributed by atoms with Crippen LogP contribution in [-0.4, -0.2) is 63.0 Å². The van der Waals surface area contributed by atoms with Crippen molar-refractivity contribution in [1.82, 2.24) is 9.62 Å². The summed E-state index contributed by atoms with van der Waals surface area (Å²) >= 11 is 12.0. The van der Waals surface area contributed by atoms with Gasteiger partial charge in [-0.25, -0.2) is 8.42 Å². The first-order chi connectivity index (χ1) is 12.2. The van der Waals surface area contributed by atoms with Crippen molar-refractivity contribution in [3.63, 3.8) is 0 Å². The van der Waals surface area contributed by atoms with Gasteiger partial charge in [-0.05, 0) is 26.0 Å². The van der Waals surface area contributed by atoms with Crippen molar-refractivity contribution in [1.29, 1.82) is 0 Å². The normalized spacial score (nSPS) is 16.5. The standard InChI is InChI=1S/C17H25Cl2N3O3S/c1-17(2,13-18)16(23)20-7-12-26(24,25)22-10-8-21(9-11-22)15-6-4-3-5-14(15)19/h3-6H,7-13H2,1-2H3,(H,20,23). The Bertz CT molecular complexity index is 733. The first-order valence-electron chi connectivity index (χ1n) is 8.49. The number of para-hydroxylation sites is 1. The maximum absolute atomic E-state index is 12.5. The Morgan fingerprint density at radius 1 is 1.19 bits per heavy atom. The fourth-order valence-electron chi connectivity index (χ4n) is 2.64. The van der Waals surface area contributed by atoms with Gasteiger partial charge in [0.1, 0.15) is 0 Å². The molecular formula is C17H25Cl2N3O3S. The van der Waals surface area contributed by atoms with Crippen LogP contribution in [0.5, 0.6) is 0 Å². The molecule has 6 nitrogen and oxygen atoms in total. The second-order valence-electron chi connectivity index (χ2n) is 6.93. The molecule has 1 N–H and O–H groups in total. The van der Waals surface area contributed by atoms with Gasteiger partial charge in [0, 0.05) is 38.6 Å². The van der Waals surface area contributed by atoms with Gasteiger partial charge in [0.25, 0.3) is 0 Å². The number of hydrogen-bond acceptors (Lipinski definition) is 4. The molecule has 0 bridgehead atoms. The predicted octanol–water partition coefficient (Wildman–Crippen LogP) is 2.17. The molecule has 0 unspecified atom stereocenters. The molecule has 1 heterocycles. The number of nitrogens with zero attached hydrogens (tertiary/aromatic N) is 2. The van der Waals surface area contributed by atoms with Crippen LogP contribution in [0.25, 0.3) is 0 Å². The zero-order chi connectivity index (χ0) is 19.4. The molecule has 2 rings (SSSR count). The van der Waals surface area contributed by atoms with Crippen molar-refractivity contribution in [2.24, 2.45) is 5.41 Å². The van der Waals surface area contributed by atoms with E-state index in [-0.39, 0.29) is 24.1 Å². The van der Waals surface area contributed by atoms with Crippen LogP contribution >= 0.6 is 23.2 Å². The highest BCUT2D eigenvalue weighted by Crippen LogP contribution is 2.26. The maximum atomic E-state index is 12.5. The number of benzene rings is 1. The number of rotatable bonds is 7. The van der Waals surface area contributed by atoms with E-state index in [1.165, 1.54) is 4.31 Å². The lowest BCUT2D eigenvalue weighted by atomic mass is 9.95. The van der Waals surface area contributed by atoms with Crippen molar-refractivity contribution < 1.29 is 13.2 Å². The lowest BCUT2D eigenvalue weighted by molar-refractivity contribution is -0.128. The molecule has 1 aromatic rings. The summed E-state index contributed by atoms with van der Waals surface area (Å²) in [5.74, 6) is -0.190. The van der Waals surface area contributed by atoms with Gasteiger partial charge in [-0.15, -0.1) is 11.6 Å². The summed E-state index contributed by atoms with van der Waals surface area (Å²) in [6.45, 7) is 5.47. The minimum atomic E-state index is -3.42.